The Morgan fingerprint density at radius 3 is 1.12 bits per heavy atom. The number of halogens is 3. The van der Waals surface area contributed by atoms with E-state index in [1.807, 2.05) is 0 Å². The summed E-state index contributed by atoms with van der Waals surface area (Å²) >= 11 is 17.7. The van der Waals surface area contributed by atoms with Crippen LogP contribution in [-0.4, -0.2) is 14.1 Å². The summed E-state index contributed by atoms with van der Waals surface area (Å²) in [5.74, 6) is 0. The Balaban J connectivity index is 3.17. The molecule has 0 aromatic carbocycles. The van der Waals surface area contributed by atoms with E-state index in [2.05, 4.69) is 20.0 Å². The van der Waals surface area contributed by atoms with Gasteiger partial charge in [-0.1, -0.05) is 122 Å². The lowest BCUT2D eigenvalue weighted by Gasteiger charge is -2.21. The van der Waals surface area contributed by atoms with Crippen LogP contribution in [0.15, 0.2) is 0 Å². The zero-order valence-corrected chi connectivity index (χ0v) is 21.4. The fourth-order valence-corrected chi connectivity index (χ4v) is 8.34. The molecule has 0 saturated heterocycles. The minimum Gasteiger partial charge on any atom is -0.126 e. The smallest absolute Gasteiger partial charge is 0.126 e. The number of hydrogen-bond donors (Lipinski definition) is 0. The van der Waals surface area contributed by atoms with Crippen LogP contribution >= 0.6 is 33.2 Å². The molecule has 0 aliphatic heterocycles. The normalized spacial score (nSPS) is 12.7. The van der Waals surface area contributed by atoms with Crippen LogP contribution in [0.3, 0.4) is 0 Å². The molecule has 0 aliphatic carbocycles. The number of hydrogen-bond acceptors (Lipinski definition) is 0. The van der Waals surface area contributed by atoms with Gasteiger partial charge in [0.2, 0.25) is 0 Å². The van der Waals surface area contributed by atoms with Crippen molar-refractivity contribution in [1.29, 1.82) is 0 Å². The molecule has 0 atom stereocenters. The van der Waals surface area contributed by atoms with E-state index in [9.17, 15) is 0 Å². The summed E-state index contributed by atoms with van der Waals surface area (Å²) in [7, 11) is -0.833. The van der Waals surface area contributed by atoms with Crippen LogP contribution in [0.1, 0.15) is 96.8 Å². The van der Waals surface area contributed by atoms with E-state index in [-0.39, 0.29) is 0 Å². The van der Waals surface area contributed by atoms with E-state index in [4.69, 9.17) is 33.2 Å². The first-order valence-corrected chi connectivity index (χ1v) is 19.5. The van der Waals surface area contributed by atoms with Crippen molar-refractivity contribution >= 4 is 47.3 Å². The van der Waals surface area contributed by atoms with Crippen molar-refractivity contribution in [1.82, 2.24) is 0 Å². The Labute approximate surface area is 174 Å². The zero-order chi connectivity index (χ0) is 19.0. The highest BCUT2D eigenvalue weighted by Crippen LogP contribution is 2.27. The zero-order valence-electron chi connectivity index (χ0n) is 17.2. The van der Waals surface area contributed by atoms with Gasteiger partial charge in [-0.2, -0.15) is 0 Å². The third-order valence-electron chi connectivity index (χ3n) is 5.24. The second kappa shape index (κ2) is 16.3. The molecule has 0 aliphatic rings. The second-order valence-electron chi connectivity index (χ2n) is 8.63. The van der Waals surface area contributed by atoms with Crippen LogP contribution in [0.5, 0.6) is 0 Å². The standard InChI is InChI=1S/C20H43Cl3Si2/c1-4-18-24(2,3)19-16-14-12-10-8-6-5-7-9-11-13-15-17-20-25(21,22)23/h4-20H2,1-3H3. The molecular formula is C20H43Cl3Si2. The van der Waals surface area contributed by atoms with E-state index in [0.717, 1.165) is 12.5 Å². The van der Waals surface area contributed by atoms with Gasteiger partial charge >= 0.3 is 6.00 Å². The summed E-state index contributed by atoms with van der Waals surface area (Å²) in [5.41, 5.74) is 0. The van der Waals surface area contributed by atoms with Crippen molar-refractivity contribution in [3.63, 3.8) is 0 Å². The molecule has 0 saturated carbocycles. The Bertz CT molecular complexity index is 291. The second-order valence-corrected chi connectivity index (χ2v) is 23.2. The molecule has 0 aromatic heterocycles. The minimum atomic E-state index is -2.35. The first-order valence-electron chi connectivity index (χ1n) is 10.8. The van der Waals surface area contributed by atoms with Gasteiger partial charge in [-0.15, -0.1) is 33.2 Å². The first kappa shape index (κ1) is 26.3. The van der Waals surface area contributed by atoms with Gasteiger partial charge < -0.3 is 0 Å². The van der Waals surface area contributed by atoms with Crippen LogP contribution in [0, 0.1) is 0 Å². The van der Waals surface area contributed by atoms with Gasteiger partial charge in [0.25, 0.3) is 0 Å². The molecule has 0 nitrogen and oxygen atoms in total. The van der Waals surface area contributed by atoms with E-state index in [0.29, 0.717) is 0 Å². The van der Waals surface area contributed by atoms with Crippen LogP contribution in [0.4, 0.5) is 0 Å². The van der Waals surface area contributed by atoms with Crippen molar-refractivity contribution in [2.45, 2.75) is 128 Å². The molecule has 25 heavy (non-hydrogen) atoms. The average Bonchev–Trinajstić information content (AvgIpc) is 2.50. The Morgan fingerprint density at radius 2 is 0.800 bits per heavy atom. The highest BCUT2D eigenvalue weighted by molar-refractivity contribution is 7.64. The van der Waals surface area contributed by atoms with Crippen molar-refractivity contribution in [2.24, 2.45) is 0 Å². The summed E-state index contributed by atoms with van der Waals surface area (Å²) in [4.78, 5) is 0. The summed E-state index contributed by atoms with van der Waals surface area (Å²) in [6.07, 6.45) is 19.4. The molecule has 0 radical (unpaired) electrons. The largest absolute Gasteiger partial charge is 0.341 e. The topological polar surface area (TPSA) is 0 Å². The number of rotatable bonds is 18. The maximum absolute atomic E-state index is 5.89. The molecule has 0 heterocycles. The van der Waals surface area contributed by atoms with Gasteiger partial charge in [0.1, 0.15) is 0 Å². The monoisotopic (exact) mass is 444 g/mol. The first-order chi connectivity index (χ1) is 11.8. The quantitative estimate of drug-likeness (QED) is 0.112. The van der Waals surface area contributed by atoms with Crippen LogP contribution in [0.25, 0.3) is 0 Å². The maximum Gasteiger partial charge on any atom is 0.341 e. The third-order valence-corrected chi connectivity index (χ3v) is 11.4. The molecule has 152 valence electrons. The third kappa shape index (κ3) is 21.5. The number of unbranched alkanes of at least 4 members (excludes halogenated alkanes) is 12. The molecule has 0 rings (SSSR count). The van der Waals surface area contributed by atoms with Crippen LogP contribution in [-0.2, 0) is 0 Å². The van der Waals surface area contributed by atoms with Crippen molar-refractivity contribution in [3.8, 4) is 0 Å². The van der Waals surface area contributed by atoms with Gasteiger partial charge in [-0.25, -0.2) is 0 Å². The lowest BCUT2D eigenvalue weighted by molar-refractivity contribution is 0.542. The molecule has 0 N–H and O–H groups in total. The van der Waals surface area contributed by atoms with E-state index >= 15 is 0 Å². The highest BCUT2D eigenvalue weighted by Gasteiger charge is 2.23. The molecule has 5 heteroatoms. The molecule has 0 fully saturated rings. The Kier molecular flexibility index (Phi) is 17.1. The lowest BCUT2D eigenvalue weighted by Crippen LogP contribution is -2.24. The van der Waals surface area contributed by atoms with Crippen LogP contribution < -0.4 is 0 Å². The molecule has 0 bridgehead atoms. The summed E-state index contributed by atoms with van der Waals surface area (Å²) < 4.78 is 0. The van der Waals surface area contributed by atoms with Crippen LogP contribution in [0.2, 0.25) is 31.2 Å². The Hall–Kier alpha value is 1.30. The van der Waals surface area contributed by atoms with Gasteiger partial charge in [0.05, 0.1) is 0 Å². The van der Waals surface area contributed by atoms with Gasteiger partial charge in [-0.3, -0.25) is 0 Å². The van der Waals surface area contributed by atoms with Crippen molar-refractivity contribution in [2.75, 3.05) is 0 Å². The fourth-order valence-electron chi connectivity index (χ4n) is 3.68. The fraction of sp³-hybridized carbons (Fsp3) is 1.00. The molecular weight excluding hydrogens is 403 g/mol. The average molecular weight is 446 g/mol. The SMILES string of the molecule is CCC[Si](C)(C)CCCCCCCCCCCCCCC[Si](Cl)(Cl)Cl. The van der Waals surface area contributed by atoms with E-state index in [1.54, 1.807) is 6.04 Å². The van der Waals surface area contributed by atoms with E-state index < -0.39 is 14.1 Å². The van der Waals surface area contributed by atoms with Crippen molar-refractivity contribution in [3.05, 3.63) is 0 Å². The summed E-state index contributed by atoms with van der Waals surface area (Å²) in [5, 5.41) is 0. The highest BCUT2D eigenvalue weighted by atomic mass is 35.8. The molecule has 0 unspecified atom stereocenters. The maximum atomic E-state index is 5.89. The molecule has 0 spiro atoms. The predicted molar refractivity (Wildman–Crippen MR) is 126 cm³/mol. The van der Waals surface area contributed by atoms with Crippen molar-refractivity contribution < 1.29 is 0 Å². The predicted octanol–water partition coefficient (Wildman–Crippen LogP) is 9.83. The van der Waals surface area contributed by atoms with Gasteiger partial charge in [0.15, 0.2) is 0 Å². The van der Waals surface area contributed by atoms with Gasteiger partial charge in [0, 0.05) is 8.07 Å². The molecule has 0 aromatic rings. The molecule has 0 amide bonds. The van der Waals surface area contributed by atoms with E-state index in [1.165, 1.54) is 89.5 Å². The lowest BCUT2D eigenvalue weighted by atomic mass is 10.0. The summed E-state index contributed by atoms with van der Waals surface area (Å²) in [6.45, 7) is 7.47. The van der Waals surface area contributed by atoms with Gasteiger partial charge in [-0.05, 0) is 6.04 Å². The summed E-state index contributed by atoms with van der Waals surface area (Å²) in [6, 6.07) is 1.54. The minimum absolute atomic E-state index is 0.829. The Morgan fingerprint density at radius 1 is 0.480 bits per heavy atom.